The highest BCUT2D eigenvalue weighted by molar-refractivity contribution is 6.30. The summed E-state index contributed by atoms with van der Waals surface area (Å²) in [5.41, 5.74) is 4.72. The third kappa shape index (κ3) is 4.43. The van der Waals surface area contributed by atoms with E-state index >= 15 is 0 Å². The molecule has 3 rings (SSSR count). The fourth-order valence-corrected chi connectivity index (χ4v) is 3.96. The van der Waals surface area contributed by atoms with Crippen molar-refractivity contribution in [2.24, 2.45) is 7.05 Å². The molecule has 0 saturated heterocycles. The number of carbonyl (C=O) groups excluding carboxylic acids is 1. The average molecular weight is 429 g/mol. The van der Waals surface area contributed by atoms with Gasteiger partial charge < -0.3 is 10.1 Å². The molecule has 3 aromatic rings. The SMILES string of the molecule is COc1nn(C)c2nc(C)c(CCC(=O)NCC(C)(C)c3cccc(Cl)c3)c(C)c12. The van der Waals surface area contributed by atoms with Crippen LogP contribution in [-0.4, -0.2) is 34.3 Å². The molecular formula is C23H29ClN4O2. The van der Waals surface area contributed by atoms with Gasteiger partial charge in [-0.1, -0.05) is 37.6 Å². The third-order valence-electron chi connectivity index (χ3n) is 5.65. The van der Waals surface area contributed by atoms with Crippen molar-refractivity contribution >= 4 is 28.5 Å². The van der Waals surface area contributed by atoms with Crippen molar-refractivity contribution in [1.29, 1.82) is 0 Å². The van der Waals surface area contributed by atoms with Crippen LogP contribution in [-0.2, 0) is 23.7 Å². The van der Waals surface area contributed by atoms with Crippen molar-refractivity contribution in [3.05, 3.63) is 51.7 Å². The van der Waals surface area contributed by atoms with E-state index in [0.29, 0.717) is 30.3 Å². The molecule has 0 aliphatic carbocycles. The van der Waals surface area contributed by atoms with Crippen molar-refractivity contribution in [3.8, 4) is 5.88 Å². The van der Waals surface area contributed by atoms with Crippen LogP contribution >= 0.6 is 11.6 Å². The molecule has 0 unspecified atom stereocenters. The van der Waals surface area contributed by atoms with Crippen LogP contribution in [0.1, 0.15) is 42.7 Å². The third-order valence-corrected chi connectivity index (χ3v) is 5.89. The van der Waals surface area contributed by atoms with Gasteiger partial charge in [0.15, 0.2) is 5.65 Å². The molecule has 0 fully saturated rings. The molecule has 0 saturated carbocycles. The maximum absolute atomic E-state index is 12.6. The minimum atomic E-state index is -0.212. The van der Waals surface area contributed by atoms with E-state index in [-0.39, 0.29) is 11.3 Å². The van der Waals surface area contributed by atoms with E-state index in [1.807, 2.05) is 45.2 Å². The number of hydrogen-bond donors (Lipinski definition) is 1. The first-order valence-electron chi connectivity index (χ1n) is 10.0. The number of nitrogens with zero attached hydrogens (tertiary/aromatic N) is 3. The number of aromatic nitrogens is 3. The van der Waals surface area contributed by atoms with Gasteiger partial charge in [0, 0.05) is 36.1 Å². The lowest BCUT2D eigenvalue weighted by Gasteiger charge is -2.26. The number of amides is 1. The second kappa shape index (κ2) is 8.64. The van der Waals surface area contributed by atoms with Gasteiger partial charge in [0.1, 0.15) is 0 Å². The summed E-state index contributed by atoms with van der Waals surface area (Å²) in [6.07, 6.45) is 1.01. The molecule has 0 aliphatic heterocycles. The van der Waals surface area contributed by atoms with Gasteiger partial charge in [-0.3, -0.25) is 4.79 Å². The Morgan fingerprint density at radius 2 is 2.03 bits per heavy atom. The summed E-state index contributed by atoms with van der Waals surface area (Å²) in [5, 5.41) is 9.06. The number of carbonyl (C=O) groups is 1. The molecule has 7 heteroatoms. The number of pyridine rings is 1. The number of rotatable bonds is 7. The number of nitrogens with one attached hydrogen (secondary N) is 1. The van der Waals surface area contributed by atoms with Crippen molar-refractivity contribution in [1.82, 2.24) is 20.1 Å². The van der Waals surface area contributed by atoms with Gasteiger partial charge in [-0.2, -0.15) is 0 Å². The maximum atomic E-state index is 12.6. The smallest absolute Gasteiger partial charge is 0.242 e. The van der Waals surface area contributed by atoms with E-state index in [0.717, 1.165) is 33.4 Å². The van der Waals surface area contributed by atoms with Crippen molar-refractivity contribution < 1.29 is 9.53 Å². The van der Waals surface area contributed by atoms with Crippen LogP contribution in [0.15, 0.2) is 24.3 Å². The van der Waals surface area contributed by atoms with Crippen LogP contribution in [0.2, 0.25) is 5.02 Å². The van der Waals surface area contributed by atoms with Gasteiger partial charge >= 0.3 is 0 Å². The topological polar surface area (TPSA) is 69.0 Å². The van der Waals surface area contributed by atoms with Crippen molar-refractivity contribution in [2.45, 2.75) is 46.0 Å². The molecule has 160 valence electrons. The Bertz CT molecular complexity index is 1090. The van der Waals surface area contributed by atoms with Gasteiger partial charge in [0.25, 0.3) is 0 Å². The minimum absolute atomic E-state index is 0.0159. The summed E-state index contributed by atoms with van der Waals surface area (Å²) in [6, 6.07) is 7.77. The summed E-state index contributed by atoms with van der Waals surface area (Å²) in [7, 11) is 3.46. The van der Waals surface area contributed by atoms with Gasteiger partial charge in [-0.05, 0) is 49.1 Å². The normalized spacial score (nSPS) is 11.7. The first kappa shape index (κ1) is 22.1. The van der Waals surface area contributed by atoms with Crippen LogP contribution in [0, 0.1) is 13.8 Å². The second-order valence-electron chi connectivity index (χ2n) is 8.30. The Hall–Kier alpha value is -2.60. The standard InChI is InChI=1S/C23H29ClN4O2/c1-14-18(15(2)26-21-20(14)22(30-6)27-28(21)5)10-11-19(29)25-13-23(3,4)16-8-7-9-17(24)12-16/h7-9,12H,10-11,13H2,1-6H3,(H,25,29). The predicted molar refractivity (Wildman–Crippen MR) is 120 cm³/mol. The number of halogens is 1. The molecule has 6 nitrogen and oxygen atoms in total. The Morgan fingerprint density at radius 3 is 2.70 bits per heavy atom. The Balaban J connectivity index is 1.69. The molecule has 0 bridgehead atoms. The van der Waals surface area contributed by atoms with Gasteiger partial charge in [0.2, 0.25) is 11.8 Å². The van der Waals surface area contributed by atoms with E-state index < -0.39 is 0 Å². The van der Waals surface area contributed by atoms with Crippen molar-refractivity contribution in [2.75, 3.05) is 13.7 Å². The number of hydrogen-bond acceptors (Lipinski definition) is 4. The largest absolute Gasteiger partial charge is 0.479 e. The van der Waals surface area contributed by atoms with Crippen molar-refractivity contribution in [3.63, 3.8) is 0 Å². The molecule has 1 amide bonds. The lowest BCUT2D eigenvalue weighted by atomic mass is 9.84. The molecule has 1 aromatic carbocycles. The molecule has 0 radical (unpaired) electrons. The minimum Gasteiger partial charge on any atom is -0.479 e. The Labute approximate surface area is 182 Å². The summed E-state index contributed by atoms with van der Waals surface area (Å²) in [4.78, 5) is 17.3. The first-order chi connectivity index (χ1) is 14.1. The van der Waals surface area contributed by atoms with Crippen LogP contribution in [0.4, 0.5) is 0 Å². The monoisotopic (exact) mass is 428 g/mol. The summed E-state index contributed by atoms with van der Waals surface area (Å²) in [5.74, 6) is 0.577. The zero-order valence-corrected chi connectivity index (χ0v) is 19.2. The highest BCUT2D eigenvalue weighted by Crippen LogP contribution is 2.30. The fraction of sp³-hybridized carbons (Fsp3) is 0.435. The van der Waals surface area contributed by atoms with Gasteiger partial charge in [0.05, 0.1) is 12.5 Å². The lowest BCUT2D eigenvalue weighted by molar-refractivity contribution is -0.121. The van der Waals surface area contributed by atoms with Gasteiger partial charge in [-0.15, -0.1) is 5.10 Å². The highest BCUT2D eigenvalue weighted by Gasteiger charge is 2.22. The number of aryl methyl sites for hydroxylation is 3. The van der Waals surface area contributed by atoms with Crippen LogP contribution in [0.3, 0.4) is 0 Å². The quantitative estimate of drug-likeness (QED) is 0.610. The van der Waals surface area contributed by atoms with E-state index in [4.69, 9.17) is 21.3 Å². The zero-order valence-electron chi connectivity index (χ0n) is 18.5. The fourth-order valence-electron chi connectivity index (χ4n) is 3.77. The van der Waals surface area contributed by atoms with E-state index in [9.17, 15) is 4.79 Å². The molecule has 2 aromatic heterocycles. The zero-order chi connectivity index (χ0) is 22.1. The molecule has 0 atom stereocenters. The molecule has 1 N–H and O–H groups in total. The number of fused-ring (bicyclic) bond motifs is 1. The van der Waals surface area contributed by atoms with Crippen LogP contribution in [0.5, 0.6) is 5.88 Å². The summed E-state index contributed by atoms with van der Waals surface area (Å²) < 4.78 is 7.14. The number of ether oxygens (including phenoxy) is 1. The number of methoxy groups -OCH3 is 1. The highest BCUT2D eigenvalue weighted by atomic mass is 35.5. The van der Waals surface area contributed by atoms with E-state index in [1.54, 1.807) is 11.8 Å². The molecular weight excluding hydrogens is 400 g/mol. The summed E-state index contributed by atoms with van der Waals surface area (Å²) >= 11 is 6.12. The molecule has 30 heavy (non-hydrogen) atoms. The Morgan fingerprint density at radius 1 is 1.30 bits per heavy atom. The molecule has 2 heterocycles. The Kier molecular flexibility index (Phi) is 6.36. The second-order valence-corrected chi connectivity index (χ2v) is 8.74. The van der Waals surface area contributed by atoms with Crippen LogP contribution in [0.25, 0.3) is 11.0 Å². The first-order valence-corrected chi connectivity index (χ1v) is 10.4. The maximum Gasteiger partial charge on any atom is 0.242 e. The predicted octanol–water partition coefficient (Wildman–Crippen LogP) is 4.27. The van der Waals surface area contributed by atoms with Crippen LogP contribution < -0.4 is 10.1 Å². The average Bonchev–Trinajstić information content (AvgIpc) is 3.02. The molecule has 0 aliphatic rings. The molecule has 0 spiro atoms. The van der Waals surface area contributed by atoms with E-state index in [1.165, 1.54) is 0 Å². The lowest BCUT2D eigenvalue weighted by Crippen LogP contribution is -2.36. The number of benzene rings is 1. The van der Waals surface area contributed by atoms with Gasteiger partial charge in [-0.25, -0.2) is 9.67 Å². The van der Waals surface area contributed by atoms with E-state index in [2.05, 4.69) is 24.3 Å². The summed E-state index contributed by atoms with van der Waals surface area (Å²) in [6.45, 7) is 8.75.